The fourth-order valence-electron chi connectivity index (χ4n) is 2.85. The summed E-state index contributed by atoms with van der Waals surface area (Å²) in [5, 5.41) is 8.69. The number of nitrogens with zero attached hydrogens (tertiary/aromatic N) is 1. The third kappa shape index (κ3) is 6.73. The second kappa shape index (κ2) is 10.7. The first-order valence-electron chi connectivity index (χ1n) is 10.00. The van der Waals surface area contributed by atoms with E-state index in [0.717, 1.165) is 0 Å². The number of carbonyl (C=O) groups excluding carboxylic acids is 3. The molecule has 0 spiro atoms. The van der Waals surface area contributed by atoms with E-state index in [1.54, 1.807) is 37.3 Å². The molecule has 0 aliphatic rings. The van der Waals surface area contributed by atoms with Crippen molar-refractivity contribution in [3.63, 3.8) is 0 Å². The molecule has 0 fully saturated rings. The molecule has 1 atom stereocenters. The molecule has 11 nitrogen and oxygen atoms in total. The van der Waals surface area contributed by atoms with Crippen LogP contribution in [0.4, 0.5) is 11.5 Å². The molecule has 3 rings (SSSR count). The summed E-state index contributed by atoms with van der Waals surface area (Å²) in [6.45, 7) is 2.26. The van der Waals surface area contributed by atoms with Crippen LogP contribution in [0.5, 0.6) is 0 Å². The number of esters is 1. The van der Waals surface area contributed by atoms with Gasteiger partial charge in [0.1, 0.15) is 12.3 Å². The van der Waals surface area contributed by atoms with Crippen LogP contribution in [0.15, 0.2) is 70.1 Å². The van der Waals surface area contributed by atoms with Crippen molar-refractivity contribution in [2.75, 3.05) is 17.2 Å². The number of carbonyl (C=O) groups is 3. The first kappa shape index (κ1) is 24.6. The third-order valence-corrected chi connectivity index (χ3v) is 5.78. The van der Waals surface area contributed by atoms with Crippen molar-refractivity contribution < 1.29 is 32.1 Å². The number of aryl methyl sites for hydroxylation is 1. The van der Waals surface area contributed by atoms with Gasteiger partial charge in [0.15, 0.2) is 5.82 Å². The Morgan fingerprint density at radius 2 is 1.71 bits per heavy atom. The lowest BCUT2D eigenvalue weighted by Crippen LogP contribution is -2.33. The summed E-state index contributed by atoms with van der Waals surface area (Å²) in [4.78, 5) is 36.1. The molecule has 0 saturated carbocycles. The highest BCUT2D eigenvalue weighted by Crippen LogP contribution is 2.20. The van der Waals surface area contributed by atoms with E-state index in [0.29, 0.717) is 17.0 Å². The average molecular weight is 487 g/mol. The lowest BCUT2D eigenvalue weighted by atomic mass is 10.1. The van der Waals surface area contributed by atoms with Gasteiger partial charge in [-0.15, -0.1) is 0 Å². The van der Waals surface area contributed by atoms with E-state index in [4.69, 9.17) is 9.26 Å². The summed E-state index contributed by atoms with van der Waals surface area (Å²) < 4.78 is 37.3. The van der Waals surface area contributed by atoms with Crippen molar-refractivity contribution in [2.24, 2.45) is 0 Å². The van der Waals surface area contributed by atoms with E-state index in [1.807, 2.05) is 0 Å². The number of aromatic nitrogens is 1. The molecule has 1 heterocycles. The molecule has 2 aromatic carbocycles. The number of anilines is 2. The van der Waals surface area contributed by atoms with E-state index in [2.05, 4.69) is 20.5 Å². The van der Waals surface area contributed by atoms with Gasteiger partial charge in [0.25, 0.3) is 5.91 Å². The normalized spacial score (nSPS) is 11.9. The number of rotatable bonds is 9. The van der Waals surface area contributed by atoms with Gasteiger partial charge in [0.05, 0.1) is 4.90 Å². The molecule has 0 radical (unpaired) electrons. The molecule has 1 aromatic heterocycles. The summed E-state index contributed by atoms with van der Waals surface area (Å²) in [5.41, 5.74) is 0.801. The summed E-state index contributed by atoms with van der Waals surface area (Å²) in [6, 6.07) is 15.1. The molecule has 0 saturated heterocycles. The van der Waals surface area contributed by atoms with Gasteiger partial charge in [0.2, 0.25) is 22.0 Å². The smallest absolute Gasteiger partial charge is 0.322 e. The van der Waals surface area contributed by atoms with Gasteiger partial charge in [0, 0.05) is 24.2 Å². The first-order valence-corrected chi connectivity index (χ1v) is 11.5. The zero-order valence-corrected chi connectivity index (χ0v) is 19.1. The van der Waals surface area contributed by atoms with Crippen molar-refractivity contribution in [2.45, 2.75) is 24.8 Å². The summed E-state index contributed by atoms with van der Waals surface area (Å²) in [6.07, 6.45) is -1.35. The third-order valence-electron chi connectivity index (χ3n) is 4.36. The number of benzene rings is 2. The molecule has 3 N–H and O–H groups in total. The summed E-state index contributed by atoms with van der Waals surface area (Å²) in [7, 11) is -4.05. The zero-order valence-electron chi connectivity index (χ0n) is 18.3. The molecule has 2 amide bonds. The first-order chi connectivity index (χ1) is 16.1. The minimum Gasteiger partial charge on any atom is -0.446 e. The van der Waals surface area contributed by atoms with Crippen LogP contribution in [0.3, 0.4) is 0 Å². The van der Waals surface area contributed by atoms with Gasteiger partial charge in [-0.2, -0.15) is 4.72 Å². The predicted molar refractivity (Wildman–Crippen MR) is 121 cm³/mol. The maximum Gasteiger partial charge on any atom is 0.322 e. The Morgan fingerprint density at radius 1 is 1.03 bits per heavy atom. The van der Waals surface area contributed by atoms with Crippen molar-refractivity contribution >= 4 is 39.3 Å². The van der Waals surface area contributed by atoms with Gasteiger partial charge in [-0.25, -0.2) is 8.42 Å². The molecule has 178 valence electrons. The van der Waals surface area contributed by atoms with Crippen molar-refractivity contribution in [1.29, 1.82) is 0 Å². The van der Waals surface area contributed by atoms with Gasteiger partial charge < -0.3 is 19.9 Å². The minimum absolute atomic E-state index is 0.117. The lowest BCUT2D eigenvalue weighted by Gasteiger charge is -2.17. The minimum atomic E-state index is -4.05. The van der Waals surface area contributed by atoms with Crippen molar-refractivity contribution in [3.05, 3.63) is 72.0 Å². The van der Waals surface area contributed by atoms with E-state index >= 15 is 0 Å². The fourth-order valence-corrected chi connectivity index (χ4v) is 3.82. The van der Waals surface area contributed by atoms with Crippen LogP contribution in [0.2, 0.25) is 0 Å². The summed E-state index contributed by atoms with van der Waals surface area (Å²) >= 11 is 0. The number of hydrogen-bond donors (Lipinski definition) is 3. The Balaban J connectivity index is 1.66. The van der Waals surface area contributed by atoms with Gasteiger partial charge in [-0.05, 0) is 31.2 Å². The van der Waals surface area contributed by atoms with E-state index in [1.165, 1.54) is 37.3 Å². The van der Waals surface area contributed by atoms with E-state index in [9.17, 15) is 22.8 Å². The Kier molecular flexibility index (Phi) is 7.76. The molecule has 0 aliphatic heterocycles. The van der Waals surface area contributed by atoms with Crippen LogP contribution in [0, 0.1) is 6.92 Å². The number of amides is 2. The highest BCUT2D eigenvalue weighted by Gasteiger charge is 2.27. The molecule has 0 aliphatic carbocycles. The molecular formula is C22H22N4O7S. The summed E-state index contributed by atoms with van der Waals surface area (Å²) in [5.74, 6) is -1.35. The molecule has 0 bridgehead atoms. The standard InChI is InChI=1S/C22H22N4O7S/c1-14-12-19(26-33-14)25-22(29)21(16-6-4-3-5-7-16)32-20(28)13-23-34(30,31)18-10-8-17(9-11-18)24-15(2)27/h3-12,21,23H,13H2,1-2H3,(H,24,27)(H,25,26,29)/t21-/m1/s1. The maximum absolute atomic E-state index is 12.8. The quantitative estimate of drug-likeness (QED) is 0.388. The maximum atomic E-state index is 12.8. The SMILES string of the molecule is CC(=O)Nc1ccc(S(=O)(=O)NCC(=O)O[C@@H](C(=O)Nc2cc(C)on2)c2ccccc2)cc1. The number of nitrogens with one attached hydrogen (secondary N) is 3. The Morgan fingerprint density at radius 3 is 2.29 bits per heavy atom. The second-order valence-corrected chi connectivity index (χ2v) is 8.89. The van der Waals surface area contributed by atoms with Crippen LogP contribution >= 0.6 is 0 Å². The molecular weight excluding hydrogens is 464 g/mol. The highest BCUT2D eigenvalue weighted by atomic mass is 32.2. The number of sulfonamides is 1. The Hall–Kier alpha value is -4.03. The van der Waals surface area contributed by atoms with E-state index in [-0.39, 0.29) is 16.6 Å². The number of ether oxygens (including phenoxy) is 1. The molecule has 0 unspecified atom stereocenters. The second-order valence-electron chi connectivity index (χ2n) is 7.12. The fraction of sp³-hybridized carbons (Fsp3) is 0.182. The zero-order chi connectivity index (χ0) is 24.7. The van der Waals surface area contributed by atoms with Gasteiger partial charge in [-0.3, -0.25) is 14.4 Å². The van der Waals surface area contributed by atoms with Crippen LogP contribution in [0.1, 0.15) is 24.4 Å². The lowest BCUT2D eigenvalue weighted by molar-refractivity contribution is -0.153. The van der Waals surface area contributed by atoms with Crippen LogP contribution in [-0.4, -0.2) is 37.9 Å². The van der Waals surface area contributed by atoms with Crippen LogP contribution in [-0.2, 0) is 29.1 Å². The van der Waals surface area contributed by atoms with Crippen molar-refractivity contribution in [1.82, 2.24) is 9.88 Å². The molecule has 34 heavy (non-hydrogen) atoms. The van der Waals surface area contributed by atoms with Gasteiger partial charge >= 0.3 is 5.97 Å². The average Bonchev–Trinajstić information content (AvgIpc) is 3.21. The van der Waals surface area contributed by atoms with Crippen LogP contribution < -0.4 is 15.4 Å². The number of hydrogen-bond acceptors (Lipinski definition) is 8. The van der Waals surface area contributed by atoms with Gasteiger partial charge in [-0.1, -0.05) is 35.5 Å². The van der Waals surface area contributed by atoms with Crippen LogP contribution in [0.25, 0.3) is 0 Å². The predicted octanol–water partition coefficient (Wildman–Crippen LogP) is 2.14. The largest absolute Gasteiger partial charge is 0.446 e. The topological polar surface area (TPSA) is 157 Å². The molecule has 12 heteroatoms. The molecule has 3 aromatic rings. The van der Waals surface area contributed by atoms with E-state index < -0.39 is 34.5 Å². The monoisotopic (exact) mass is 486 g/mol. The Labute approximate surface area is 195 Å². The highest BCUT2D eigenvalue weighted by molar-refractivity contribution is 7.89. The Bertz CT molecular complexity index is 1270. The van der Waals surface area contributed by atoms with Crippen molar-refractivity contribution in [3.8, 4) is 0 Å².